The minimum Gasteiger partial charge on any atom is -0.368 e. The molecule has 0 aliphatic rings. The van der Waals surface area contributed by atoms with E-state index in [1.54, 1.807) is 0 Å². The van der Waals surface area contributed by atoms with Gasteiger partial charge in [-0.05, 0) is 61.3 Å². The molecule has 3 N–H and O–H groups in total. The van der Waals surface area contributed by atoms with Crippen LogP contribution >= 0.6 is 15.9 Å². The van der Waals surface area contributed by atoms with Gasteiger partial charge in [0, 0.05) is 23.1 Å². The predicted octanol–water partition coefficient (Wildman–Crippen LogP) is 2.65. The largest absolute Gasteiger partial charge is 0.368 e. The number of anilines is 1. The molecular weight excluding hydrogens is 318 g/mol. The average Bonchev–Trinajstić information content (AvgIpc) is 2.33. The lowest BCUT2D eigenvalue weighted by molar-refractivity contribution is -0.116. The number of carbonyl (C=O) groups is 1. The first kappa shape index (κ1) is 17.0. The van der Waals surface area contributed by atoms with Gasteiger partial charge in [0.2, 0.25) is 5.91 Å². The third-order valence-electron chi connectivity index (χ3n) is 2.90. The van der Waals surface area contributed by atoms with Crippen molar-refractivity contribution in [2.75, 3.05) is 18.0 Å². The predicted molar refractivity (Wildman–Crippen MR) is 87.8 cm³/mol. The number of benzene rings is 1. The van der Waals surface area contributed by atoms with E-state index < -0.39 is 0 Å². The highest BCUT2D eigenvalue weighted by molar-refractivity contribution is 9.10. The zero-order valence-electron chi connectivity index (χ0n) is 12.7. The maximum Gasteiger partial charge on any atom is 0.236 e. The van der Waals surface area contributed by atoms with Crippen LogP contribution in [0.5, 0.6) is 0 Å². The van der Waals surface area contributed by atoms with Crippen LogP contribution in [0.1, 0.15) is 33.3 Å². The third kappa shape index (κ3) is 5.51. The summed E-state index contributed by atoms with van der Waals surface area (Å²) in [6.45, 7) is 10.2. The van der Waals surface area contributed by atoms with Crippen LogP contribution in [0.4, 0.5) is 5.69 Å². The standard InChI is InChI=1S/C15H24BrN3O/c1-5-19(10-14(17)20)13-7-6-11(8-12(13)16)9-18-15(2,3)4/h6-8,18H,5,9-10H2,1-4H3,(H2,17,20). The van der Waals surface area contributed by atoms with Crippen LogP contribution in [0.15, 0.2) is 22.7 Å². The molecule has 112 valence electrons. The quantitative estimate of drug-likeness (QED) is 0.836. The van der Waals surface area contributed by atoms with Gasteiger partial charge in [0.25, 0.3) is 0 Å². The molecular formula is C15H24BrN3O. The van der Waals surface area contributed by atoms with Crippen molar-refractivity contribution in [3.63, 3.8) is 0 Å². The van der Waals surface area contributed by atoms with E-state index in [0.717, 1.165) is 23.2 Å². The van der Waals surface area contributed by atoms with Gasteiger partial charge in [-0.3, -0.25) is 4.79 Å². The van der Waals surface area contributed by atoms with E-state index in [9.17, 15) is 4.79 Å². The first-order valence-electron chi connectivity index (χ1n) is 6.79. The first-order valence-corrected chi connectivity index (χ1v) is 7.59. The van der Waals surface area contributed by atoms with Crippen LogP contribution < -0.4 is 16.0 Å². The summed E-state index contributed by atoms with van der Waals surface area (Å²) in [4.78, 5) is 13.0. The lowest BCUT2D eigenvalue weighted by Crippen LogP contribution is -2.35. The molecule has 0 fully saturated rings. The van der Waals surface area contributed by atoms with E-state index in [2.05, 4.69) is 54.2 Å². The van der Waals surface area contributed by atoms with Gasteiger partial charge >= 0.3 is 0 Å². The summed E-state index contributed by atoms with van der Waals surface area (Å²) in [5.41, 5.74) is 7.56. The second-order valence-corrected chi connectivity index (χ2v) is 6.72. The molecule has 0 aromatic heterocycles. The molecule has 1 rings (SSSR count). The summed E-state index contributed by atoms with van der Waals surface area (Å²) >= 11 is 3.58. The second kappa shape index (κ2) is 7.09. The Morgan fingerprint density at radius 3 is 2.50 bits per heavy atom. The number of nitrogens with two attached hydrogens (primary N) is 1. The first-order chi connectivity index (χ1) is 9.23. The molecule has 0 bridgehead atoms. The van der Waals surface area contributed by atoms with E-state index >= 15 is 0 Å². The van der Waals surface area contributed by atoms with Crippen LogP contribution in [0, 0.1) is 0 Å². The van der Waals surface area contributed by atoms with E-state index in [0.29, 0.717) is 0 Å². The Morgan fingerprint density at radius 1 is 1.40 bits per heavy atom. The highest BCUT2D eigenvalue weighted by atomic mass is 79.9. The molecule has 20 heavy (non-hydrogen) atoms. The summed E-state index contributed by atoms with van der Waals surface area (Å²) < 4.78 is 0.980. The lowest BCUT2D eigenvalue weighted by Gasteiger charge is -2.24. The lowest BCUT2D eigenvalue weighted by atomic mass is 10.1. The number of hydrogen-bond acceptors (Lipinski definition) is 3. The Kier molecular flexibility index (Phi) is 6.02. The zero-order valence-corrected chi connectivity index (χ0v) is 14.3. The van der Waals surface area contributed by atoms with Crippen molar-refractivity contribution >= 4 is 27.5 Å². The highest BCUT2D eigenvalue weighted by Crippen LogP contribution is 2.27. The van der Waals surface area contributed by atoms with Crippen molar-refractivity contribution in [1.82, 2.24) is 5.32 Å². The Balaban J connectivity index is 2.84. The number of likely N-dealkylation sites (N-methyl/N-ethyl adjacent to an activating group) is 1. The fourth-order valence-corrected chi connectivity index (χ4v) is 2.52. The molecule has 1 aromatic rings. The van der Waals surface area contributed by atoms with Gasteiger partial charge in [-0.15, -0.1) is 0 Å². The minimum atomic E-state index is -0.322. The van der Waals surface area contributed by atoms with E-state index in [-0.39, 0.29) is 18.0 Å². The van der Waals surface area contributed by atoms with Gasteiger partial charge in [0.15, 0.2) is 0 Å². The Bertz CT molecular complexity index is 469. The monoisotopic (exact) mass is 341 g/mol. The maximum absolute atomic E-state index is 11.1. The van der Waals surface area contributed by atoms with E-state index in [4.69, 9.17) is 5.73 Å². The number of primary amides is 1. The van der Waals surface area contributed by atoms with Crippen molar-refractivity contribution in [1.29, 1.82) is 0 Å². The topological polar surface area (TPSA) is 58.4 Å². The van der Waals surface area contributed by atoms with Crippen molar-refractivity contribution in [3.05, 3.63) is 28.2 Å². The number of rotatable bonds is 6. The molecule has 0 saturated carbocycles. The number of carbonyl (C=O) groups excluding carboxylic acids is 1. The molecule has 1 aromatic carbocycles. The molecule has 0 aliphatic carbocycles. The molecule has 0 unspecified atom stereocenters. The van der Waals surface area contributed by atoms with Crippen molar-refractivity contribution in [3.8, 4) is 0 Å². The van der Waals surface area contributed by atoms with Gasteiger partial charge in [0.05, 0.1) is 12.2 Å². The van der Waals surface area contributed by atoms with Crippen molar-refractivity contribution < 1.29 is 4.79 Å². The zero-order chi connectivity index (χ0) is 15.3. The summed E-state index contributed by atoms with van der Waals surface area (Å²) in [5, 5.41) is 3.45. The van der Waals surface area contributed by atoms with Gasteiger partial charge in [-0.2, -0.15) is 0 Å². The number of hydrogen-bond donors (Lipinski definition) is 2. The minimum absolute atomic E-state index is 0.0899. The van der Waals surface area contributed by atoms with Gasteiger partial charge in [-0.1, -0.05) is 6.07 Å². The molecule has 0 spiro atoms. The number of nitrogens with zero attached hydrogens (tertiary/aromatic N) is 1. The Hall–Kier alpha value is -1.07. The highest BCUT2D eigenvalue weighted by Gasteiger charge is 2.12. The third-order valence-corrected chi connectivity index (χ3v) is 3.54. The van der Waals surface area contributed by atoms with Crippen LogP contribution in [-0.2, 0) is 11.3 Å². The number of nitrogens with one attached hydrogen (secondary N) is 1. The number of amides is 1. The van der Waals surface area contributed by atoms with E-state index in [1.165, 1.54) is 5.56 Å². The summed E-state index contributed by atoms with van der Waals surface area (Å²) in [6.07, 6.45) is 0. The van der Waals surface area contributed by atoms with Gasteiger partial charge < -0.3 is 16.0 Å². The molecule has 0 heterocycles. The summed E-state index contributed by atoms with van der Waals surface area (Å²) in [7, 11) is 0. The van der Waals surface area contributed by atoms with Crippen LogP contribution in [-0.4, -0.2) is 24.5 Å². The maximum atomic E-state index is 11.1. The number of halogens is 1. The molecule has 4 nitrogen and oxygen atoms in total. The summed E-state index contributed by atoms with van der Waals surface area (Å²) in [5.74, 6) is -0.322. The SMILES string of the molecule is CCN(CC(N)=O)c1ccc(CNC(C)(C)C)cc1Br. The molecule has 1 amide bonds. The molecule has 0 atom stereocenters. The Morgan fingerprint density at radius 2 is 2.05 bits per heavy atom. The smallest absolute Gasteiger partial charge is 0.236 e. The van der Waals surface area contributed by atoms with Crippen LogP contribution in [0.3, 0.4) is 0 Å². The average molecular weight is 342 g/mol. The molecule has 0 radical (unpaired) electrons. The van der Waals surface area contributed by atoms with Crippen LogP contribution in [0.2, 0.25) is 0 Å². The van der Waals surface area contributed by atoms with E-state index in [1.807, 2.05) is 17.9 Å². The fraction of sp³-hybridized carbons (Fsp3) is 0.533. The van der Waals surface area contributed by atoms with Gasteiger partial charge in [0.1, 0.15) is 0 Å². The normalized spacial score (nSPS) is 11.4. The Labute approximate surface area is 129 Å². The molecule has 5 heteroatoms. The fourth-order valence-electron chi connectivity index (χ4n) is 1.84. The molecule has 0 aliphatic heterocycles. The molecule has 0 saturated heterocycles. The van der Waals surface area contributed by atoms with Crippen LogP contribution in [0.25, 0.3) is 0 Å². The van der Waals surface area contributed by atoms with Gasteiger partial charge in [-0.25, -0.2) is 0 Å². The van der Waals surface area contributed by atoms with Crippen molar-refractivity contribution in [2.24, 2.45) is 5.73 Å². The van der Waals surface area contributed by atoms with Crippen molar-refractivity contribution in [2.45, 2.75) is 39.8 Å². The second-order valence-electron chi connectivity index (χ2n) is 5.87. The summed E-state index contributed by atoms with van der Waals surface area (Å²) in [6, 6.07) is 6.18.